The van der Waals surface area contributed by atoms with E-state index in [1.165, 1.54) is 0 Å². The second-order valence-corrected chi connectivity index (χ2v) is 4.63. The molecule has 2 rings (SSSR count). The summed E-state index contributed by atoms with van der Waals surface area (Å²) in [6.45, 7) is 6.88. The second kappa shape index (κ2) is 5.84. The van der Waals surface area contributed by atoms with Gasteiger partial charge in [0.25, 0.3) is 0 Å². The third kappa shape index (κ3) is 3.45. The van der Waals surface area contributed by atoms with Crippen molar-refractivity contribution in [3.8, 4) is 0 Å². The first kappa shape index (κ1) is 12.9. The highest BCUT2D eigenvalue weighted by atomic mass is 16.4. The van der Waals surface area contributed by atoms with Crippen molar-refractivity contribution < 1.29 is 4.42 Å². The van der Waals surface area contributed by atoms with Crippen LogP contribution in [0.4, 0.5) is 0 Å². The van der Waals surface area contributed by atoms with Gasteiger partial charge in [-0.05, 0) is 17.7 Å². The highest BCUT2D eigenvalue weighted by molar-refractivity contribution is 5.72. The molecule has 0 unspecified atom stereocenters. The van der Waals surface area contributed by atoms with E-state index in [-0.39, 0.29) is 0 Å². The quantitative estimate of drug-likeness (QED) is 0.673. The van der Waals surface area contributed by atoms with Crippen LogP contribution in [0.3, 0.4) is 0 Å². The molecular weight excluding hydrogens is 230 g/mol. The topological polar surface area (TPSA) is 70.1 Å². The number of aromatic amines is 1. The minimum Gasteiger partial charge on any atom is -0.408 e. The summed E-state index contributed by atoms with van der Waals surface area (Å²) < 4.78 is 5.02. The first-order chi connectivity index (χ1) is 8.65. The van der Waals surface area contributed by atoms with Crippen LogP contribution in [-0.2, 0) is 6.54 Å². The van der Waals surface area contributed by atoms with Gasteiger partial charge in [-0.15, -0.1) is 0 Å². The highest BCUT2D eigenvalue weighted by Crippen LogP contribution is 2.11. The molecule has 0 radical (unpaired) electrons. The third-order valence-electron chi connectivity index (χ3n) is 2.67. The Bertz CT molecular complexity index is 557. The van der Waals surface area contributed by atoms with E-state index in [1.54, 1.807) is 0 Å². The van der Waals surface area contributed by atoms with E-state index in [1.807, 2.05) is 18.2 Å². The summed E-state index contributed by atoms with van der Waals surface area (Å²) in [5, 5.41) is 6.67. The lowest BCUT2D eigenvalue weighted by Gasteiger charge is -2.08. The van der Waals surface area contributed by atoms with Gasteiger partial charge in [0.2, 0.25) is 0 Å². The predicted molar refractivity (Wildman–Crippen MR) is 71.7 cm³/mol. The monoisotopic (exact) mass is 249 g/mol. The number of hydrogen-bond acceptors (Lipinski definition) is 4. The van der Waals surface area contributed by atoms with Crippen LogP contribution in [-0.4, -0.2) is 24.1 Å². The molecule has 1 aromatic heterocycles. The van der Waals surface area contributed by atoms with Crippen molar-refractivity contribution in [1.29, 1.82) is 0 Å². The molecule has 5 nitrogen and oxygen atoms in total. The zero-order chi connectivity index (χ0) is 13.0. The van der Waals surface area contributed by atoms with E-state index in [0.29, 0.717) is 11.6 Å². The molecule has 0 atom stereocenters. The molecule has 5 heteroatoms. The fraction of sp³-hybridized carbons (Fsp3) is 0.462. The minimum absolute atomic E-state index is 0.406. The van der Waals surface area contributed by atoms with Gasteiger partial charge in [0.1, 0.15) is 0 Å². The molecule has 1 aromatic carbocycles. The molecule has 0 aliphatic carbocycles. The Morgan fingerprint density at radius 1 is 1.33 bits per heavy atom. The molecule has 0 saturated carbocycles. The lowest BCUT2D eigenvalue weighted by atomic mass is 10.2. The molecule has 2 aromatic rings. The average molecular weight is 249 g/mol. The Hall–Kier alpha value is -1.59. The van der Waals surface area contributed by atoms with Gasteiger partial charge in [0.05, 0.1) is 5.52 Å². The zero-order valence-corrected chi connectivity index (χ0v) is 10.7. The maximum absolute atomic E-state index is 11.0. The van der Waals surface area contributed by atoms with Gasteiger partial charge < -0.3 is 15.1 Å². The number of aromatic nitrogens is 1. The number of fused-ring (bicyclic) bond motifs is 1. The van der Waals surface area contributed by atoms with Crippen LogP contribution < -0.4 is 16.4 Å². The van der Waals surface area contributed by atoms with Crippen molar-refractivity contribution >= 4 is 11.1 Å². The van der Waals surface area contributed by atoms with Crippen LogP contribution in [0.2, 0.25) is 0 Å². The summed E-state index contributed by atoms with van der Waals surface area (Å²) in [5.74, 6) is -0.406. The second-order valence-electron chi connectivity index (χ2n) is 4.63. The van der Waals surface area contributed by atoms with Crippen molar-refractivity contribution in [1.82, 2.24) is 15.6 Å². The van der Waals surface area contributed by atoms with E-state index >= 15 is 0 Å². The van der Waals surface area contributed by atoms with Crippen LogP contribution >= 0.6 is 0 Å². The van der Waals surface area contributed by atoms with Crippen molar-refractivity contribution in [2.75, 3.05) is 13.1 Å². The van der Waals surface area contributed by atoms with Crippen molar-refractivity contribution in [2.45, 2.75) is 26.4 Å². The molecule has 0 spiro atoms. The Morgan fingerprint density at radius 2 is 2.17 bits per heavy atom. The molecule has 0 aliphatic rings. The number of hydrogen-bond donors (Lipinski definition) is 3. The van der Waals surface area contributed by atoms with Crippen LogP contribution in [0.5, 0.6) is 0 Å². The molecule has 18 heavy (non-hydrogen) atoms. The Kier molecular flexibility index (Phi) is 4.17. The largest absolute Gasteiger partial charge is 0.417 e. The summed E-state index contributed by atoms with van der Waals surface area (Å²) in [4.78, 5) is 13.6. The van der Waals surface area contributed by atoms with Crippen LogP contribution in [0.1, 0.15) is 19.4 Å². The lowest BCUT2D eigenvalue weighted by molar-refractivity contribution is 0.551. The number of oxazole rings is 1. The fourth-order valence-electron chi connectivity index (χ4n) is 1.78. The summed E-state index contributed by atoms with van der Waals surface area (Å²) in [5.41, 5.74) is 2.46. The Labute approximate surface area is 106 Å². The molecule has 3 N–H and O–H groups in total. The number of H-pyrrole nitrogens is 1. The zero-order valence-electron chi connectivity index (χ0n) is 10.7. The molecule has 0 aliphatic heterocycles. The number of benzene rings is 1. The van der Waals surface area contributed by atoms with E-state index in [0.717, 1.165) is 30.7 Å². The highest BCUT2D eigenvalue weighted by Gasteiger charge is 2.01. The summed E-state index contributed by atoms with van der Waals surface area (Å²) in [6.07, 6.45) is 0. The minimum atomic E-state index is -0.406. The number of nitrogens with one attached hydrogen (secondary N) is 3. The average Bonchev–Trinajstić information content (AvgIpc) is 2.67. The van der Waals surface area contributed by atoms with E-state index < -0.39 is 5.76 Å². The van der Waals surface area contributed by atoms with Gasteiger partial charge in [-0.1, -0.05) is 19.9 Å². The first-order valence-electron chi connectivity index (χ1n) is 6.21. The van der Waals surface area contributed by atoms with E-state index in [4.69, 9.17) is 4.42 Å². The van der Waals surface area contributed by atoms with Gasteiger partial charge in [0, 0.05) is 25.7 Å². The Morgan fingerprint density at radius 3 is 2.94 bits per heavy atom. The molecule has 0 amide bonds. The smallest absolute Gasteiger partial charge is 0.408 e. The summed E-state index contributed by atoms with van der Waals surface area (Å²) >= 11 is 0. The molecule has 98 valence electrons. The van der Waals surface area contributed by atoms with Gasteiger partial charge in [-0.3, -0.25) is 4.98 Å². The number of rotatable bonds is 6. The molecular formula is C13H19N3O2. The standard InChI is InChI=1S/C13H19N3O2/c1-9(2)15-6-5-14-8-10-3-4-11-12(7-10)18-13(17)16-11/h3-4,7,9,14-15H,5-6,8H2,1-2H3,(H,16,17). The van der Waals surface area contributed by atoms with Crippen LogP contribution in [0.25, 0.3) is 11.1 Å². The van der Waals surface area contributed by atoms with Crippen LogP contribution in [0, 0.1) is 0 Å². The van der Waals surface area contributed by atoms with Gasteiger partial charge in [-0.2, -0.15) is 0 Å². The van der Waals surface area contributed by atoms with Crippen LogP contribution in [0.15, 0.2) is 27.4 Å². The third-order valence-corrected chi connectivity index (χ3v) is 2.67. The normalized spacial score (nSPS) is 11.5. The van der Waals surface area contributed by atoms with Crippen molar-refractivity contribution in [2.24, 2.45) is 0 Å². The van der Waals surface area contributed by atoms with Gasteiger partial charge in [-0.25, -0.2) is 4.79 Å². The van der Waals surface area contributed by atoms with E-state index in [2.05, 4.69) is 29.5 Å². The maximum Gasteiger partial charge on any atom is 0.417 e. The summed E-state index contributed by atoms with van der Waals surface area (Å²) in [7, 11) is 0. The molecule has 0 saturated heterocycles. The summed E-state index contributed by atoms with van der Waals surface area (Å²) in [6, 6.07) is 6.24. The van der Waals surface area contributed by atoms with Gasteiger partial charge >= 0.3 is 5.76 Å². The molecule has 1 heterocycles. The predicted octanol–water partition coefficient (Wildman–Crippen LogP) is 1.21. The van der Waals surface area contributed by atoms with Crippen molar-refractivity contribution in [3.63, 3.8) is 0 Å². The maximum atomic E-state index is 11.0. The van der Waals surface area contributed by atoms with Gasteiger partial charge in [0.15, 0.2) is 5.58 Å². The lowest BCUT2D eigenvalue weighted by Crippen LogP contribution is -2.31. The Balaban J connectivity index is 1.86. The van der Waals surface area contributed by atoms with Crippen molar-refractivity contribution in [3.05, 3.63) is 34.3 Å². The first-order valence-corrected chi connectivity index (χ1v) is 6.21. The SMILES string of the molecule is CC(C)NCCNCc1ccc2[nH]c(=O)oc2c1. The molecule has 0 bridgehead atoms. The van der Waals surface area contributed by atoms with E-state index in [9.17, 15) is 4.79 Å². The fourth-order valence-corrected chi connectivity index (χ4v) is 1.78. The molecule has 0 fully saturated rings.